The van der Waals surface area contributed by atoms with Crippen LogP contribution >= 0.6 is 11.8 Å². The number of aromatic nitrogens is 4. The van der Waals surface area contributed by atoms with Crippen LogP contribution in [0.3, 0.4) is 0 Å². The fourth-order valence-electron chi connectivity index (χ4n) is 3.90. The summed E-state index contributed by atoms with van der Waals surface area (Å²) in [5.41, 5.74) is 2.94. The zero-order valence-corrected chi connectivity index (χ0v) is 21.6. The molecular formula is C28H19N7O3S. The Morgan fingerprint density at radius 2 is 1.62 bits per heavy atom. The molecule has 0 saturated carbocycles. The van der Waals surface area contributed by atoms with E-state index in [1.54, 1.807) is 79.3 Å². The van der Waals surface area contributed by atoms with Crippen LogP contribution in [-0.4, -0.2) is 38.9 Å². The van der Waals surface area contributed by atoms with Crippen molar-refractivity contribution in [2.24, 2.45) is 0 Å². The van der Waals surface area contributed by atoms with Crippen LogP contribution in [0.5, 0.6) is 11.5 Å². The van der Waals surface area contributed by atoms with Gasteiger partial charge in [0.15, 0.2) is 11.5 Å². The molecule has 10 nitrogen and oxygen atoms in total. The molecule has 0 saturated heterocycles. The highest BCUT2D eigenvalue weighted by molar-refractivity contribution is 7.98. The number of methoxy groups -OCH3 is 1. The molecule has 0 spiro atoms. The number of esters is 1. The second kappa shape index (κ2) is 10.9. The Kier molecular flexibility index (Phi) is 7.08. The lowest BCUT2D eigenvalue weighted by molar-refractivity contribution is 0.0600. The van der Waals surface area contributed by atoms with E-state index >= 15 is 0 Å². The molecular weight excluding hydrogens is 514 g/mol. The number of fused-ring (bicyclic) bond motifs is 1. The van der Waals surface area contributed by atoms with Crippen molar-refractivity contribution >= 4 is 34.9 Å². The number of ether oxygens (including phenoxy) is 2. The number of nitrogens with zero attached hydrogens (tertiary/aromatic N) is 6. The number of anilines is 2. The first-order chi connectivity index (χ1) is 19.1. The number of thioether (sulfide) groups is 1. The number of rotatable bonds is 7. The number of benzene rings is 2. The molecule has 0 aliphatic rings. The van der Waals surface area contributed by atoms with Crippen LogP contribution < -0.4 is 10.1 Å². The van der Waals surface area contributed by atoms with Crippen LogP contribution in [0.1, 0.15) is 21.5 Å². The zero-order chi connectivity index (χ0) is 27.4. The predicted octanol–water partition coefficient (Wildman–Crippen LogP) is 5.58. The van der Waals surface area contributed by atoms with Gasteiger partial charge in [-0.25, -0.2) is 14.3 Å². The van der Waals surface area contributed by atoms with Gasteiger partial charge in [-0.1, -0.05) is 12.1 Å². The fraction of sp³-hybridized carbons (Fsp3) is 0.0714. The molecule has 0 radical (unpaired) electrons. The van der Waals surface area contributed by atoms with Gasteiger partial charge in [0, 0.05) is 23.6 Å². The predicted molar refractivity (Wildman–Crippen MR) is 145 cm³/mol. The van der Waals surface area contributed by atoms with Gasteiger partial charge in [-0.2, -0.15) is 10.5 Å². The van der Waals surface area contributed by atoms with Crippen LogP contribution in [0.2, 0.25) is 0 Å². The molecule has 5 rings (SSSR count). The van der Waals surface area contributed by atoms with Crippen LogP contribution in [0.25, 0.3) is 16.9 Å². The Morgan fingerprint density at radius 3 is 2.23 bits per heavy atom. The van der Waals surface area contributed by atoms with E-state index in [4.69, 9.17) is 9.47 Å². The summed E-state index contributed by atoms with van der Waals surface area (Å²) in [5, 5.41) is 28.3. The molecule has 0 amide bonds. The Balaban J connectivity index is 1.56. The first-order valence-corrected chi connectivity index (χ1v) is 12.7. The van der Waals surface area contributed by atoms with Gasteiger partial charge in [0.25, 0.3) is 0 Å². The summed E-state index contributed by atoms with van der Waals surface area (Å²) in [6.45, 7) is 0. The maximum Gasteiger partial charge on any atom is 0.337 e. The minimum Gasteiger partial charge on any atom is -0.465 e. The smallest absolute Gasteiger partial charge is 0.337 e. The SMILES string of the molecule is COC(=O)c1ccc(-c2c(C#N)c(SC)nc3c(C#N)c(Nc4ccc(Oc5ccncc5)cc4)nn23)cc1. The van der Waals surface area contributed by atoms with Crippen LogP contribution in [0.4, 0.5) is 11.5 Å². The van der Waals surface area contributed by atoms with Gasteiger partial charge >= 0.3 is 5.97 Å². The highest BCUT2D eigenvalue weighted by atomic mass is 32.2. The lowest BCUT2D eigenvalue weighted by Crippen LogP contribution is -2.04. The average molecular weight is 534 g/mol. The van der Waals surface area contributed by atoms with E-state index in [0.717, 1.165) is 0 Å². The van der Waals surface area contributed by atoms with E-state index in [1.807, 2.05) is 0 Å². The van der Waals surface area contributed by atoms with Crippen molar-refractivity contribution in [3.8, 4) is 34.9 Å². The highest BCUT2D eigenvalue weighted by Crippen LogP contribution is 2.34. The Hall–Kier alpha value is -5.39. The molecule has 3 aromatic heterocycles. The second-order valence-corrected chi connectivity index (χ2v) is 8.83. The number of carbonyl (C=O) groups excluding carboxylic acids is 1. The second-order valence-electron chi connectivity index (χ2n) is 8.03. The standard InChI is InChI=1S/C28H19N7O3S/c1-37-28(36)18-5-3-17(4-6-18)24-22(15-29)27(39-2)33-26-23(16-30)25(34-35(24)26)32-19-7-9-20(10-8-19)38-21-11-13-31-14-12-21/h3-14H,1-2H3,(H,32,34). The van der Waals surface area contributed by atoms with Crippen molar-refractivity contribution in [3.63, 3.8) is 0 Å². The van der Waals surface area contributed by atoms with Gasteiger partial charge in [-0.15, -0.1) is 16.9 Å². The van der Waals surface area contributed by atoms with Gasteiger partial charge in [-0.05, 0) is 54.8 Å². The van der Waals surface area contributed by atoms with Gasteiger partial charge < -0.3 is 14.8 Å². The first-order valence-electron chi connectivity index (χ1n) is 11.5. The molecule has 1 N–H and O–H groups in total. The molecule has 190 valence electrons. The van der Waals surface area contributed by atoms with Crippen molar-refractivity contribution in [2.75, 3.05) is 18.7 Å². The van der Waals surface area contributed by atoms with Crippen molar-refractivity contribution in [1.82, 2.24) is 19.6 Å². The highest BCUT2D eigenvalue weighted by Gasteiger charge is 2.23. The van der Waals surface area contributed by atoms with E-state index in [9.17, 15) is 15.3 Å². The van der Waals surface area contributed by atoms with Gasteiger partial charge in [0.1, 0.15) is 39.8 Å². The molecule has 0 bridgehead atoms. The molecule has 0 fully saturated rings. The molecule has 11 heteroatoms. The van der Waals surface area contributed by atoms with E-state index in [0.29, 0.717) is 50.2 Å². The van der Waals surface area contributed by atoms with Crippen molar-refractivity contribution in [2.45, 2.75) is 5.03 Å². The van der Waals surface area contributed by atoms with E-state index in [2.05, 4.69) is 32.5 Å². The van der Waals surface area contributed by atoms with E-state index in [-0.39, 0.29) is 11.4 Å². The lowest BCUT2D eigenvalue weighted by Gasteiger charge is -2.11. The molecule has 2 aromatic carbocycles. The number of pyridine rings is 1. The number of nitriles is 2. The third kappa shape index (κ3) is 4.94. The summed E-state index contributed by atoms with van der Waals surface area (Å²) in [6, 6.07) is 21.7. The number of hydrogen-bond acceptors (Lipinski definition) is 10. The molecule has 5 aromatic rings. The number of hydrogen-bond donors (Lipinski definition) is 1. The first kappa shape index (κ1) is 25.3. The minimum absolute atomic E-state index is 0.222. The number of carbonyl (C=O) groups is 1. The lowest BCUT2D eigenvalue weighted by atomic mass is 10.1. The normalized spacial score (nSPS) is 10.5. The maximum absolute atomic E-state index is 11.9. The van der Waals surface area contributed by atoms with E-state index in [1.165, 1.54) is 23.4 Å². The van der Waals surface area contributed by atoms with Gasteiger partial charge in [-0.3, -0.25) is 4.98 Å². The van der Waals surface area contributed by atoms with Crippen LogP contribution in [0, 0.1) is 22.7 Å². The molecule has 0 atom stereocenters. The summed E-state index contributed by atoms with van der Waals surface area (Å²) in [5.74, 6) is 1.10. The topological polar surface area (TPSA) is 138 Å². The van der Waals surface area contributed by atoms with Gasteiger partial charge in [0.05, 0.1) is 18.4 Å². The maximum atomic E-state index is 11.9. The summed E-state index contributed by atoms with van der Waals surface area (Å²) in [7, 11) is 1.31. The molecule has 0 unspecified atom stereocenters. The van der Waals surface area contributed by atoms with Crippen molar-refractivity contribution in [1.29, 1.82) is 10.5 Å². The fourth-order valence-corrected chi connectivity index (χ4v) is 4.42. The Bertz CT molecular complexity index is 1760. The molecule has 0 aliphatic heterocycles. The Morgan fingerprint density at radius 1 is 0.949 bits per heavy atom. The third-order valence-corrected chi connectivity index (χ3v) is 6.41. The van der Waals surface area contributed by atoms with E-state index < -0.39 is 5.97 Å². The summed E-state index contributed by atoms with van der Waals surface area (Å²) >= 11 is 1.29. The average Bonchev–Trinajstić information content (AvgIpc) is 3.33. The Labute approximate surface area is 227 Å². The molecule has 0 aliphatic carbocycles. The molecule has 39 heavy (non-hydrogen) atoms. The quantitative estimate of drug-likeness (QED) is 0.160. The third-order valence-electron chi connectivity index (χ3n) is 5.73. The summed E-state index contributed by atoms with van der Waals surface area (Å²) in [6.07, 6.45) is 5.10. The summed E-state index contributed by atoms with van der Waals surface area (Å²) < 4.78 is 12.1. The number of nitrogens with one attached hydrogen (secondary N) is 1. The summed E-state index contributed by atoms with van der Waals surface area (Å²) in [4.78, 5) is 20.5. The monoisotopic (exact) mass is 533 g/mol. The molecule has 3 heterocycles. The van der Waals surface area contributed by atoms with Crippen molar-refractivity contribution < 1.29 is 14.3 Å². The van der Waals surface area contributed by atoms with Crippen LogP contribution in [0.15, 0.2) is 78.1 Å². The zero-order valence-electron chi connectivity index (χ0n) is 20.7. The minimum atomic E-state index is -0.471. The van der Waals surface area contributed by atoms with Gasteiger partial charge in [0.2, 0.25) is 0 Å². The van der Waals surface area contributed by atoms with Crippen LogP contribution in [-0.2, 0) is 4.74 Å². The largest absolute Gasteiger partial charge is 0.465 e. The van der Waals surface area contributed by atoms with Crippen molar-refractivity contribution in [3.05, 3.63) is 89.7 Å².